The quantitative estimate of drug-likeness (QED) is 0.785. The van der Waals surface area contributed by atoms with Gasteiger partial charge in [0.15, 0.2) is 6.10 Å². The summed E-state index contributed by atoms with van der Waals surface area (Å²) in [7, 11) is 0. The molecule has 1 atom stereocenters. The first-order valence-electron chi connectivity index (χ1n) is 4.35. The molecule has 82 valence electrons. The van der Waals surface area contributed by atoms with Crippen molar-refractivity contribution in [3.8, 4) is 5.75 Å². The lowest BCUT2D eigenvalue weighted by atomic mass is 10.3. The molecule has 0 fully saturated rings. The van der Waals surface area contributed by atoms with Crippen molar-refractivity contribution in [1.29, 1.82) is 0 Å². The second-order valence-corrected chi connectivity index (χ2v) is 4.59. The van der Waals surface area contributed by atoms with E-state index in [1.54, 1.807) is 18.2 Å². The predicted molar refractivity (Wildman–Crippen MR) is 64.7 cm³/mol. The van der Waals surface area contributed by atoms with E-state index in [1.165, 1.54) is 0 Å². The van der Waals surface area contributed by atoms with Gasteiger partial charge in [-0.3, -0.25) is 4.79 Å². The molecule has 1 aromatic rings. The van der Waals surface area contributed by atoms with Crippen LogP contribution in [0.25, 0.3) is 0 Å². The summed E-state index contributed by atoms with van der Waals surface area (Å²) >= 11 is 14.6. The van der Waals surface area contributed by atoms with Gasteiger partial charge >= 0.3 is 0 Å². The molecule has 2 nitrogen and oxygen atoms in total. The minimum Gasteiger partial charge on any atom is -0.480 e. The minimum atomic E-state index is -0.648. The lowest BCUT2D eigenvalue weighted by Gasteiger charge is -2.14. The molecule has 0 heterocycles. The molecule has 0 spiro atoms. The van der Waals surface area contributed by atoms with Gasteiger partial charge in [-0.1, -0.05) is 34.5 Å². The summed E-state index contributed by atoms with van der Waals surface area (Å²) in [6.07, 6.45) is -0.139. The molecular formula is C10H9BrCl2O2. The first-order valence-corrected chi connectivity index (χ1v) is 5.90. The first kappa shape index (κ1) is 12.8. The monoisotopic (exact) mass is 310 g/mol. The number of carbonyl (C=O) groups excluding carboxylic acids is 1. The van der Waals surface area contributed by atoms with E-state index in [4.69, 9.17) is 27.9 Å². The third kappa shape index (κ3) is 3.67. The van der Waals surface area contributed by atoms with Crippen LogP contribution in [0.2, 0.25) is 5.02 Å². The van der Waals surface area contributed by atoms with E-state index in [0.717, 1.165) is 4.47 Å². The Morgan fingerprint density at radius 3 is 2.73 bits per heavy atom. The highest BCUT2D eigenvalue weighted by Crippen LogP contribution is 2.29. The highest BCUT2D eigenvalue weighted by Gasteiger charge is 2.16. The van der Waals surface area contributed by atoms with Gasteiger partial charge in [0.2, 0.25) is 0 Å². The van der Waals surface area contributed by atoms with Gasteiger partial charge in [-0.15, -0.1) is 0 Å². The number of halogens is 3. The van der Waals surface area contributed by atoms with Crippen LogP contribution in [0.1, 0.15) is 13.3 Å². The molecule has 0 amide bonds. The Morgan fingerprint density at radius 2 is 2.27 bits per heavy atom. The highest BCUT2D eigenvalue weighted by atomic mass is 79.9. The summed E-state index contributed by atoms with van der Waals surface area (Å²) in [5.74, 6) is 0.459. The molecule has 0 N–H and O–H groups in total. The maximum atomic E-state index is 10.9. The second kappa shape index (κ2) is 5.73. The van der Waals surface area contributed by atoms with E-state index in [1.807, 2.05) is 6.92 Å². The van der Waals surface area contributed by atoms with Crippen LogP contribution in [-0.4, -0.2) is 11.3 Å². The Balaban J connectivity index is 2.84. The molecule has 0 aliphatic heterocycles. The van der Waals surface area contributed by atoms with Gasteiger partial charge in [0.1, 0.15) is 5.75 Å². The Bertz CT molecular complexity index is 368. The standard InChI is InChI=1S/C10H9BrCl2O2/c1-2-8(10(13)14)15-9-4-3-6(11)5-7(9)12/h3-5,8H,2H2,1H3/t8-/m0/s1. The van der Waals surface area contributed by atoms with Gasteiger partial charge in [0.25, 0.3) is 5.24 Å². The number of benzene rings is 1. The van der Waals surface area contributed by atoms with Gasteiger partial charge in [-0.2, -0.15) is 0 Å². The van der Waals surface area contributed by atoms with Crippen molar-refractivity contribution in [2.45, 2.75) is 19.4 Å². The number of rotatable bonds is 4. The maximum absolute atomic E-state index is 10.9. The molecule has 0 saturated heterocycles. The zero-order valence-corrected chi connectivity index (χ0v) is 11.1. The summed E-state index contributed by atoms with van der Waals surface area (Å²) in [4.78, 5) is 10.9. The van der Waals surface area contributed by atoms with Crippen molar-refractivity contribution in [1.82, 2.24) is 0 Å². The zero-order valence-electron chi connectivity index (χ0n) is 7.97. The number of ether oxygens (including phenoxy) is 1. The summed E-state index contributed by atoms with van der Waals surface area (Å²) in [5, 5.41) is -0.0720. The third-order valence-electron chi connectivity index (χ3n) is 1.79. The first-order chi connectivity index (χ1) is 7.04. The fourth-order valence-electron chi connectivity index (χ4n) is 1.01. The van der Waals surface area contributed by atoms with Crippen molar-refractivity contribution in [3.05, 3.63) is 27.7 Å². The van der Waals surface area contributed by atoms with Crippen molar-refractivity contribution < 1.29 is 9.53 Å². The fraction of sp³-hybridized carbons (Fsp3) is 0.300. The average molecular weight is 312 g/mol. The number of hydrogen-bond donors (Lipinski definition) is 0. The summed E-state index contributed by atoms with van der Waals surface area (Å²) in [6.45, 7) is 1.82. The van der Waals surface area contributed by atoms with Crippen LogP contribution in [-0.2, 0) is 4.79 Å². The van der Waals surface area contributed by atoms with Gasteiger partial charge in [-0.05, 0) is 36.2 Å². The van der Waals surface area contributed by atoms with Gasteiger partial charge in [0.05, 0.1) is 5.02 Å². The molecule has 1 aromatic carbocycles. The van der Waals surface area contributed by atoms with Crippen molar-refractivity contribution in [3.63, 3.8) is 0 Å². The minimum absolute atomic E-state index is 0.445. The van der Waals surface area contributed by atoms with Crippen LogP contribution in [0, 0.1) is 0 Å². The summed E-state index contributed by atoms with van der Waals surface area (Å²) in [6, 6.07) is 5.17. The van der Waals surface area contributed by atoms with Gasteiger partial charge < -0.3 is 4.74 Å². The Hall–Kier alpha value is -0.250. The Labute approximate surface area is 107 Å². The SMILES string of the molecule is CC[C@H](Oc1ccc(Br)cc1Cl)C(=O)Cl. The smallest absolute Gasteiger partial charge is 0.262 e. The lowest BCUT2D eigenvalue weighted by molar-refractivity contribution is -0.117. The number of carbonyl (C=O) groups is 1. The molecule has 0 bridgehead atoms. The molecule has 1 rings (SSSR count). The molecule has 0 aromatic heterocycles. The summed E-state index contributed by atoms with van der Waals surface area (Å²) in [5.41, 5.74) is 0. The van der Waals surface area contributed by atoms with Gasteiger partial charge in [0, 0.05) is 4.47 Å². The van der Waals surface area contributed by atoms with Crippen LogP contribution in [0.5, 0.6) is 5.75 Å². The third-order valence-corrected chi connectivity index (χ3v) is 2.82. The van der Waals surface area contributed by atoms with Crippen LogP contribution < -0.4 is 4.74 Å². The highest BCUT2D eigenvalue weighted by molar-refractivity contribution is 9.10. The van der Waals surface area contributed by atoms with E-state index >= 15 is 0 Å². The molecule has 0 saturated carbocycles. The van der Waals surface area contributed by atoms with Crippen LogP contribution in [0.15, 0.2) is 22.7 Å². The predicted octanol–water partition coefficient (Wildman–Crippen LogP) is 4.03. The molecule has 0 aliphatic carbocycles. The van der Waals surface area contributed by atoms with E-state index in [0.29, 0.717) is 17.2 Å². The Morgan fingerprint density at radius 1 is 1.60 bits per heavy atom. The van der Waals surface area contributed by atoms with Crippen molar-refractivity contribution >= 4 is 44.4 Å². The normalized spacial score (nSPS) is 12.3. The fourth-order valence-corrected chi connectivity index (χ4v) is 1.93. The molecule has 0 unspecified atom stereocenters. The van der Waals surface area contributed by atoms with Crippen LogP contribution >= 0.6 is 39.1 Å². The van der Waals surface area contributed by atoms with Crippen molar-refractivity contribution in [2.24, 2.45) is 0 Å². The topological polar surface area (TPSA) is 26.3 Å². The second-order valence-electron chi connectivity index (χ2n) is 2.89. The van der Waals surface area contributed by atoms with Crippen LogP contribution in [0.4, 0.5) is 0 Å². The van der Waals surface area contributed by atoms with Gasteiger partial charge in [-0.25, -0.2) is 0 Å². The van der Waals surface area contributed by atoms with E-state index in [-0.39, 0.29) is 0 Å². The largest absolute Gasteiger partial charge is 0.480 e. The van der Waals surface area contributed by atoms with E-state index < -0.39 is 11.3 Å². The molecule has 0 radical (unpaired) electrons. The Kier molecular flexibility index (Phi) is 4.90. The van der Waals surface area contributed by atoms with E-state index in [9.17, 15) is 4.79 Å². The zero-order chi connectivity index (χ0) is 11.4. The van der Waals surface area contributed by atoms with Crippen LogP contribution in [0.3, 0.4) is 0 Å². The number of hydrogen-bond acceptors (Lipinski definition) is 2. The van der Waals surface area contributed by atoms with Crippen molar-refractivity contribution in [2.75, 3.05) is 0 Å². The lowest BCUT2D eigenvalue weighted by Crippen LogP contribution is -2.22. The molecule has 0 aliphatic rings. The molecular weight excluding hydrogens is 303 g/mol. The molecule has 5 heteroatoms. The maximum Gasteiger partial charge on any atom is 0.262 e. The summed E-state index contributed by atoms with van der Waals surface area (Å²) < 4.78 is 6.23. The molecule has 15 heavy (non-hydrogen) atoms. The average Bonchev–Trinajstić information content (AvgIpc) is 2.16. The van der Waals surface area contributed by atoms with E-state index in [2.05, 4.69) is 15.9 Å².